The standard InChI is InChI=1S/C13H12N4O3S/c18-12(8-3-4-21-7-8)6-14-13-15-10-2-1-9(17(19)20)5-11(10)16-13/h1-5,7,12,18H,6H2,(H2,14,15,16). The summed E-state index contributed by atoms with van der Waals surface area (Å²) in [5.41, 5.74) is 2.07. The van der Waals surface area contributed by atoms with Gasteiger partial charge in [0, 0.05) is 18.7 Å². The molecule has 0 aliphatic rings. The maximum absolute atomic E-state index is 10.7. The van der Waals surface area contributed by atoms with Gasteiger partial charge in [0.25, 0.3) is 5.69 Å². The number of nitro benzene ring substituents is 1. The molecule has 0 bridgehead atoms. The largest absolute Gasteiger partial charge is 0.387 e. The highest BCUT2D eigenvalue weighted by atomic mass is 32.1. The van der Waals surface area contributed by atoms with Crippen molar-refractivity contribution in [3.8, 4) is 0 Å². The third kappa shape index (κ3) is 2.86. The van der Waals surface area contributed by atoms with Gasteiger partial charge in [0.2, 0.25) is 5.95 Å². The molecule has 0 radical (unpaired) electrons. The van der Waals surface area contributed by atoms with Crippen LogP contribution in [0.2, 0.25) is 0 Å². The van der Waals surface area contributed by atoms with Gasteiger partial charge in [0.15, 0.2) is 0 Å². The molecule has 0 aliphatic heterocycles. The Kier molecular flexibility index (Phi) is 3.55. The molecule has 0 fully saturated rings. The molecule has 3 rings (SSSR count). The molecule has 0 spiro atoms. The number of aliphatic hydroxyl groups excluding tert-OH is 1. The van der Waals surface area contributed by atoms with E-state index in [4.69, 9.17) is 0 Å². The molecule has 0 saturated carbocycles. The lowest BCUT2D eigenvalue weighted by Crippen LogP contribution is -2.12. The lowest BCUT2D eigenvalue weighted by molar-refractivity contribution is -0.384. The third-order valence-corrected chi connectivity index (χ3v) is 3.77. The SMILES string of the molecule is O=[N+]([O-])c1ccc2nc(NCC(O)c3ccsc3)[nH]c2c1. The smallest absolute Gasteiger partial charge is 0.271 e. The van der Waals surface area contributed by atoms with Gasteiger partial charge in [-0.2, -0.15) is 11.3 Å². The number of nitrogens with zero attached hydrogens (tertiary/aromatic N) is 2. The van der Waals surface area contributed by atoms with E-state index in [0.717, 1.165) is 5.56 Å². The molecule has 3 N–H and O–H groups in total. The number of hydrogen-bond donors (Lipinski definition) is 3. The topological polar surface area (TPSA) is 104 Å². The highest BCUT2D eigenvalue weighted by Crippen LogP contribution is 2.21. The fraction of sp³-hybridized carbons (Fsp3) is 0.154. The Morgan fingerprint density at radius 3 is 3.05 bits per heavy atom. The number of rotatable bonds is 5. The Morgan fingerprint density at radius 1 is 1.48 bits per heavy atom. The zero-order chi connectivity index (χ0) is 14.8. The lowest BCUT2D eigenvalue weighted by atomic mass is 10.2. The van der Waals surface area contributed by atoms with Gasteiger partial charge in [-0.15, -0.1) is 0 Å². The number of thiophene rings is 1. The minimum atomic E-state index is -0.626. The summed E-state index contributed by atoms with van der Waals surface area (Å²) in [4.78, 5) is 17.5. The number of aromatic amines is 1. The van der Waals surface area contributed by atoms with Crippen molar-refractivity contribution >= 4 is 34.0 Å². The number of nitrogens with one attached hydrogen (secondary N) is 2. The maximum atomic E-state index is 10.7. The average Bonchev–Trinajstić information content (AvgIpc) is 3.12. The third-order valence-electron chi connectivity index (χ3n) is 3.07. The van der Waals surface area contributed by atoms with Crippen molar-refractivity contribution in [1.82, 2.24) is 9.97 Å². The van der Waals surface area contributed by atoms with Crippen molar-refractivity contribution in [3.05, 3.63) is 50.7 Å². The molecule has 0 saturated heterocycles. The number of nitro groups is 1. The molecule has 1 atom stereocenters. The number of anilines is 1. The lowest BCUT2D eigenvalue weighted by Gasteiger charge is -2.09. The summed E-state index contributed by atoms with van der Waals surface area (Å²) in [5, 5.41) is 27.5. The summed E-state index contributed by atoms with van der Waals surface area (Å²) in [7, 11) is 0. The molecule has 0 aliphatic carbocycles. The Balaban J connectivity index is 1.74. The van der Waals surface area contributed by atoms with E-state index in [1.807, 2.05) is 16.8 Å². The van der Waals surface area contributed by atoms with E-state index in [9.17, 15) is 15.2 Å². The zero-order valence-electron chi connectivity index (χ0n) is 10.8. The van der Waals surface area contributed by atoms with E-state index in [1.54, 1.807) is 6.07 Å². The minimum absolute atomic E-state index is 0.0102. The van der Waals surface area contributed by atoms with Gasteiger partial charge in [-0.05, 0) is 28.5 Å². The fourth-order valence-electron chi connectivity index (χ4n) is 1.97. The van der Waals surface area contributed by atoms with Crippen LogP contribution in [0.25, 0.3) is 11.0 Å². The molecular formula is C13H12N4O3S. The predicted molar refractivity (Wildman–Crippen MR) is 80.5 cm³/mol. The van der Waals surface area contributed by atoms with Crippen molar-refractivity contribution in [2.45, 2.75) is 6.10 Å². The molecule has 108 valence electrons. The number of benzene rings is 1. The fourth-order valence-corrected chi connectivity index (χ4v) is 2.68. The minimum Gasteiger partial charge on any atom is -0.387 e. The normalized spacial score (nSPS) is 12.4. The average molecular weight is 304 g/mol. The first-order valence-corrected chi connectivity index (χ1v) is 7.16. The monoisotopic (exact) mass is 304 g/mol. The van der Waals surface area contributed by atoms with Gasteiger partial charge in [0.05, 0.1) is 22.1 Å². The quantitative estimate of drug-likeness (QED) is 0.496. The summed E-state index contributed by atoms with van der Waals surface area (Å²) in [5.74, 6) is 0.472. The number of aromatic nitrogens is 2. The van der Waals surface area contributed by atoms with E-state index in [0.29, 0.717) is 23.5 Å². The molecule has 21 heavy (non-hydrogen) atoms. The van der Waals surface area contributed by atoms with Gasteiger partial charge in [-0.25, -0.2) is 4.98 Å². The molecule has 1 unspecified atom stereocenters. The summed E-state index contributed by atoms with van der Waals surface area (Å²) in [6.07, 6.45) is -0.626. The van der Waals surface area contributed by atoms with Crippen molar-refractivity contribution < 1.29 is 10.0 Å². The number of imidazole rings is 1. The van der Waals surface area contributed by atoms with Crippen LogP contribution in [0.5, 0.6) is 0 Å². The molecule has 0 amide bonds. The van der Waals surface area contributed by atoms with Crippen molar-refractivity contribution in [2.75, 3.05) is 11.9 Å². The van der Waals surface area contributed by atoms with Gasteiger partial charge < -0.3 is 15.4 Å². The van der Waals surface area contributed by atoms with Gasteiger partial charge in [0.1, 0.15) is 0 Å². The van der Waals surface area contributed by atoms with Crippen LogP contribution >= 0.6 is 11.3 Å². The van der Waals surface area contributed by atoms with Crippen LogP contribution in [0.1, 0.15) is 11.7 Å². The van der Waals surface area contributed by atoms with E-state index in [-0.39, 0.29) is 5.69 Å². The van der Waals surface area contributed by atoms with E-state index in [1.165, 1.54) is 23.5 Å². The van der Waals surface area contributed by atoms with Crippen LogP contribution in [-0.4, -0.2) is 26.5 Å². The van der Waals surface area contributed by atoms with Crippen molar-refractivity contribution in [2.24, 2.45) is 0 Å². The van der Waals surface area contributed by atoms with Crippen LogP contribution in [-0.2, 0) is 0 Å². The molecule has 3 aromatic rings. The summed E-state index contributed by atoms with van der Waals surface area (Å²) >= 11 is 1.52. The predicted octanol–water partition coefficient (Wildman–Crippen LogP) is 2.68. The molecule has 2 heterocycles. The highest BCUT2D eigenvalue weighted by molar-refractivity contribution is 7.07. The summed E-state index contributed by atoms with van der Waals surface area (Å²) < 4.78 is 0. The number of hydrogen-bond acceptors (Lipinski definition) is 6. The maximum Gasteiger partial charge on any atom is 0.271 e. The van der Waals surface area contributed by atoms with E-state index in [2.05, 4.69) is 15.3 Å². The number of aliphatic hydroxyl groups is 1. The number of H-pyrrole nitrogens is 1. The molecular weight excluding hydrogens is 292 g/mol. The highest BCUT2D eigenvalue weighted by Gasteiger charge is 2.11. The Bertz CT molecular complexity index is 769. The molecule has 2 aromatic heterocycles. The molecule has 8 heteroatoms. The first-order chi connectivity index (χ1) is 10.1. The van der Waals surface area contributed by atoms with E-state index >= 15 is 0 Å². The number of non-ortho nitro benzene ring substituents is 1. The van der Waals surface area contributed by atoms with Crippen LogP contribution in [0.3, 0.4) is 0 Å². The Hall–Kier alpha value is -2.45. The van der Waals surface area contributed by atoms with Crippen LogP contribution in [0, 0.1) is 10.1 Å². The summed E-state index contributed by atoms with van der Waals surface area (Å²) in [6.45, 7) is 0.304. The Morgan fingerprint density at radius 2 is 2.33 bits per heavy atom. The van der Waals surface area contributed by atoms with Gasteiger partial charge in [-0.3, -0.25) is 10.1 Å². The van der Waals surface area contributed by atoms with Gasteiger partial charge in [-0.1, -0.05) is 0 Å². The zero-order valence-corrected chi connectivity index (χ0v) is 11.6. The first kappa shape index (κ1) is 13.5. The first-order valence-electron chi connectivity index (χ1n) is 6.21. The van der Waals surface area contributed by atoms with E-state index < -0.39 is 11.0 Å². The Labute approximate surface area is 123 Å². The second kappa shape index (κ2) is 5.51. The number of fused-ring (bicyclic) bond motifs is 1. The molecule has 7 nitrogen and oxygen atoms in total. The van der Waals surface area contributed by atoms with Crippen molar-refractivity contribution in [3.63, 3.8) is 0 Å². The van der Waals surface area contributed by atoms with Crippen LogP contribution in [0.4, 0.5) is 11.6 Å². The van der Waals surface area contributed by atoms with Crippen LogP contribution in [0.15, 0.2) is 35.0 Å². The van der Waals surface area contributed by atoms with Crippen molar-refractivity contribution in [1.29, 1.82) is 0 Å². The van der Waals surface area contributed by atoms with Gasteiger partial charge >= 0.3 is 0 Å². The summed E-state index contributed by atoms with van der Waals surface area (Å²) in [6, 6.07) is 6.29. The molecule has 1 aromatic carbocycles. The second-order valence-corrected chi connectivity index (χ2v) is 5.28. The second-order valence-electron chi connectivity index (χ2n) is 4.50. The van der Waals surface area contributed by atoms with Crippen LogP contribution < -0.4 is 5.32 Å².